The van der Waals surface area contributed by atoms with Crippen LogP contribution in [0.15, 0.2) is 42.5 Å². The smallest absolute Gasteiger partial charge is 0.0728 e. The first-order valence-electron chi connectivity index (χ1n) is 10.6. The molecule has 2 aromatic rings. The van der Waals surface area contributed by atoms with Gasteiger partial charge >= 0.3 is 0 Å². The van der Waals surface area contributed by atoms with E-state index in [-0.39, 0.29) is 5.92 Å². The molecule has 0 spiro atoms. The summed E-state index contributed by atoms with van der Waals surface area (Å²) in [5, 5.41) is 14.2. The average molecular weight is 367 g/mol. The predicted molar refractivity (Wildman–Crippen MR) is 113 cm³/mol. The first-order chi connectivity index (χ1) is 13.0. The Labute approximate surface area is 164 Å². The van der Waals surface area contributed by atoms with Gasteiger partial charge in [-0.25, -0.2) is 0 Å². The molecule has 27 heavy (non-hydrogen) atoms. The van der Waals surface area contributed by atoms with Gasteiger partial charge in [-0.15, -0.1) is 0 Å². The molecule has 0 radical (unpaired) electrons. The fourth-order valence-electron chi connectivity index (χ4n) is 5.18. The minimum absolute atomic E-state index is 0.198. The van der Waals surface area contributed by atoms with Gasteiger partial charge in [0.05, 0.1) is 5.60 Å². The van der Waals surface area contributed by atoms with Gasteiger partial charge in [-0.3, -0.25) is 0 Å². The Balaban J connectivity index is 1.63. The van der Waals surface area contributed by atoms with E-state index in [2.05, 4.69) is 66.4 Å². The van der Waals surface area contributed by atoms with E-state index in [0.29, 0.717) is 6.04 Å². The van der Waals surface area contributed by atoms with Crippen LogP contribution < -0.4 is 0 Å². The van der Waals surface area contributed by atoms with Crippen LogP contribution in [0, 0.1) is 0 Å². The van der Waals surface area contributed by atoms with Gasteiger partial charge in [0, 0.05) is 25.0 Å². The molecule has 1 aliphatic carbocycles. The number of hydrogen-bond acceptors (Lipinski definition) is 3. The van der Waals surface area contributed by atoms with Crippen molar-refractivity contribution in [3.63, 3.8) is 0 Å². The van der Waals surface area contributed by atoms with Crippen molar-refractivity contribution in [3.05, 3.63) is 48.0 Å². The molecule has 1 saturated heterocycles. The number of aliphatic hydroxyl groups is 1. The first-order valence-corrected chi connectivity index (χ1v) is 10.6. The summed E-state index contributed by atoms with van der Waals surface area (Å²) in [6.45, 7) is 3.23. The quantitative estimate of drug-likeness (QED) is 0.857. The van der Waals surface area contributed by atoms with Crippen molar-refractivity contribution in [3.8, 4) is 0 Å². The second-order valence-corrected chi connectivity index (χ2v) is 8.99. The summed E-state index contributed by atoms with van der Waals surface area (Å²) in [5.41, 5.74) is 0.753. The van der Waals surface area contributed by atoms with Crippen molar-refractivity contribution in [1.82, 2.24) is 9.80 Å². The summed E-state index contributed by atoms with van der Waals surface area (Å²) >= 11 is 0. The summed E-state index contributed by atoms with van der Waals surface area (Å²) in [4.78, 5) is 4.93. The summed E-state index contributed by atoms with van der Waals surface area (Å²) in [5.74, 6) is 0.198. The van der Waals surface area contributed by atoms with Gasteiger partial charge in [0.2, 0.25) is 0 Å². The lowest BCUT2D eigenvalue weighted by Gasteiger charge is -2.41. The highest BCUT2D eigenvalue weighted by molar-refractivity contribution is 5.83. The molecule has 1 heterocycles. The molecule has 1 unspecified atom stereocenters. The molecule has 1 N–H and O–H groups in total. The van der Waals surface area contributed by atoms with Gasteiger partial charge in [0.25, 0.3) is 0 Å². The third-order valence-electron chi connectivity index (χ3n) is 6.96. The maximum absolute atomic E-state index is 11.7. The zero-order valence-corrected chi connectivity index (χ0v) is 16.9. The SMILES string of the molecule is CN(C)[C@H]1CCN(CC(c2ccc3ccccc3c2)C2(O)CCCCC2)C1. The summed E-state index contributed by atoms with van der Waals surface area (Å²) in [6.07, 6.45) is 6.68. The number of fused-ring (bicyclic) bond motifs is 1. The van der Waals surface area contributed by atoms with Crippen LogP contribution in [-0.4, -0.2) is 60.3 Å². The van der Waals surface area contributed by atoms with Crippen molar-refractivity contribution in [2.45, 2.75) is 56.1 Å². The largest absolute Gasteiger partial charge is 0.389 e. The molecule has 2 aromatic carbocycles. The van der Waals surface area contributed by atoms with Crippen LogP contribution in [0.25, 0.3) is 10.8 Å². The van der Waals surface area contributed by atoms with E-state index in [0.717, 1.165) is 45.3 Å². The van der Waals surface area contributed by atoms with Crippen LogP contribution in [0.2, 0.25) is 0 Å². The third-order valence-corrected chi connectivity index (χ3v) is 6.96. The summed E-state index contributed by atoms with van der Waals surface area (Å²) in [6, 6.07) is 16.0. The predicted octanol–water partition coefficient (Wildman–Crippen LogP) is 4.25. The van der Waals surface area contributed by atoms with Crippen molar-refractivity contribution in [2.24, 2.45) is 0 Å². The van der Waals surface area contributed by atoms with Crippen molar-refractivity contribution >= 4 is 10.8 Å². The second-order valence-electron chi connectivity index (χ2n) is 8.99. The Kier molecular flexibility index (Phi) is 5.54. The fraction of sp³-hybridized carbons (Fsp3) is 0.583. The molecule has 2 fully saturated rings. The van der Waals surface area contributed by atoms with E-state index < -0.39 is 5.60 Å². The van der Waals surface area contributed by atoms with Gasteiger partial charge in [0.15, 0.2) is 0 Å². The van der Waals surface area contributed by atoms with E-state index in [1.807, 2.05) is 0 Å². The second kappa shape index (κ2) is 7.90. The molecular weight excluding hydrogens is 332 g/mol. The van der Waals surface area contributed by atoms with E-state index in [1.54, 1.807) is 0 Å². The number of hydrogen-bond donors (Lipinski definition) is 1. The summed E-state index contributed by atoms with van der Waals surface area (Å²) in [7, 11) is 4.37. The van der Waals surface area contributed by atoms with Gasteiger partial charge in [-0.1, -0.05) is 61.7 Å². The Morgan fingerprint density at radius 3 is 2.52 bits per heavy atom. The molecule has 0 aromatic heterocycles. The molecule has 0 bridgehead atoms. The highest BCUT2D eigenvalue weighted by Gasteiger charge is 2.40. The van der Waals surface area contributed by atoms with Crippen molar-refractivity contribution in [2.75, 3.05) is 33.7 Å². The van der Waals surface area contributed by atoms with Crippen LogP contribution in [-0.2, 0) is 0 Å². The molecule has 3 heteroatoms. The van der Waals surface area contributed by atoms with Gasteiger partial charge in [-0.2, -0.15) is 0 Å². The monoisotopic (exact) mass is 366 g/mol. The Morgan fingerprint density at radius 2 is 1.81 bits per heavy atom. The Hall–Kier alpha value is -1.42. The first kappa shape index (κ1) is 18.9. The Morgan fingerprint density at radius 1 is 1.07 bits per heavy atom. The topological polar surface area (TPSA) is 26.7 Å². The Bertz CT molecular complexity index is 766. The van der Waals surface area contributed by atoms with Crippen LogP contribution >= 0.6 is 0 Å². The number of nitrogens with zero attached hydrogens (tertiary/aromatic N) is 2. The molecular formula is C24H34N2O. The molecule has 1 aliphatic heterocycles. The minimum atomic E-state index is -0.559. The molecule has 2 atom stereocenters. The number of benzene rings is 2. The normalized spacial score (nSPS) is 24.5. The van der Waals surface area contributed by atoms with E-state index in [4.69, 9.17) is 0 Å². The van der Waals surface area contributed by atoms with Crippen LogP contribution in [0.3, 0.4) is 0 Å². The van der Waals surface area contributed by atoms with E-state index in [1.165, 1.54) is 29.2 Å². The van der Waals surface area contributed by atoms with Crippen LogP contribution in [0.1, 0.15) is 50.0 Å². The zero-order chi connectivity index (χ0) is 18.9. The molecule has 1 saturated carbocycles. The number of rotatable bonds is 5. The average Bonchev–Trinajstić information content (AvgIpc) is 3.15. The summed E-state index contributed by atoms with van der Waals surface area (Å²) < 4.78 is 0. The lowest BCUT2D eigenvalue weighted by Crippen LogP contribution is -2.44. The highest BCUT2D eigenvalue weighted by atomic mass is 16.3. The fourth-order valence-corrected chi connectivity index (χ4v) is 5.18. The number of likely N-dealkylation sites (N-methyl/N-ethyl adjacent to an activating group) is 1. The third kappa shape index (κ3) is 4.06. The molecule has 0 amide bonds. The van der Waals surface area contributed by atoms with Crippen molar-refractivity contribution < 1.29 is 5.11 Å². The van der Waals surface area contributed by atoms with Crippen LogP contribution in [0.4, 0.5) is 0 Å². The molecule has 146 valence electrons. The van der Waals surface area contributed by atoms with Crippen molar-refractivity contribution in [1.29, 1.82) is 0 Å². The highest BCUT2D eigenvalue weighted by Crippen LogP contribution is 2.41. The molecule has 3 nitrogen and oxygen atoms in total. The zero-order valence-electron chi connectivity index (χ0n) is 16.9. The van der Waals surface area contributed by atoms with Crippen LogP contribution in [0.5, 0.6) is 0 Å². The maximum atomic E-state index is 11.7. The minimum Gasteiger partial charge on any atom is -0.389 e. The number of likely N-dealkylation sites (tertiary alicyclic amines) is 1. The van der Waals surface area contributed by atoms with E-state index in [9.17, 15) is 5.11 Å². The van der Waals surface area contributed by atoms with E-state index >= 15 is 0 Å². The maximum Gasteiger partial charge on any atom is 0.0728 e. The molecule has 2 aliphatic rings. The van der Waals surface area contributed by atoms with Gasteiger partial charge < -0.3 is 14.9 Å². The van der Waals surface area contributed by atoms with Gasteiger partial charge in [0.1, 0.15) is 0 Å². The lowest BCUT2D eigenvalue weighted by atomic mass is 9.72. The van der Waals surface area contributed by atoms with Gasteiger partial charge in [-0.05, 0) is 56.2 Å². The molecule has 4 rings (SSSR count). The lowest BCUT2D eigenvalue weighted by molar-refractivity contribution is -0.0296. The standard InChI is InChI=1S/C24H34N2O/c1-25(2)22-12-15-26(17-22)18-23(24(27)13-6-3-7-14-24)21-11-10-19-8-4-5-9-20(19)16-21/h4-5,8-11,16,22-23,27H,3,6-7,12-15,17-18H2,1-2H3/t22-,23?/m0/s1.